The number of hydrogen-bond acceptors (Lipinski definition) is 5. The number of nitrogens with one attached hydrogen (secondary N) is 1. The summed E-state index contributed by atoms with van der Waals surface area (Å²) in [6.45, 7) is 7.28. The molecular formula is C24H30N4OS2. The van der Waals surface area contributed by atoms with Crippen molar-refractivity contribution >= 4 is 29.0 Å². The highest BCUT2D eigenvalue weighted by molar-refractivity contribution is 7.99. The zero-order chi connectivity index (χ0) is 21.8. The zero-order valence-electron chi connectivity index (χ0n) is 18.4. The van der Waals surface area contributed by atoms with Crippen LogP contribution in [0.1, 0.15) is 49.2 Å². The number of carbonyl (C=O) groups is 1. The smallest absolute Gasteiger partial charge is 0.230 e. The van der Waals surface area contributed by atoms with Crippen molar-refractivity contribution in [2.24, 2.45) is 5.92 Å². The predicted molar refractivity (Wildman–Crippen MR) is 129 cm³/mol. The normalized spacial score (nSPS) is 15.8. The summed E-state index contributed by atoms with van der Waals surface area (Å²) < 4.78 is 2.18. The summed E-state index contributed by atoms with van der Waals surface area (Å²) in [5.41, 5.74) is 3.91. The molecule has 1 aliphatic rings. The molecule has 2 aromatic heterocycles. The van der Waals surface area contributed by atoms with Crippen molar-refractivity contribution < 1.29 is 4.79 Å². The first-order valence-corrected chi connectivity index (χ1v) is 12.9. The Morgan fingerprint density at radius 1 is 1.29 bits per heavy atom. The Hall–Kier alpha value is -2.12. The molecule has 7 heteroatoms. The quantitative estimate of drug-likeness (QED) is 0.478. The molecule has 0 saturated heterocycles. The van der Waals surface area contributed by atoms with E-state index in [1.165, 1.54) is 46.2 Å². The van der Waals surface area contributed by atoms with Gasteiger partial charge in [0.25, 0.3) is 0 Å². The van der Waals surface area contributed by atoms with Gasteiger partial charge in [0.1, 0.15) is 0 Å². The van der Waals surface area contributed by atoms with Crippen molar-refractivity contribution in [3.63, 3.8) is 0 Å². The fourth-order valence-electron chi connectivity index (χ4n) is 4.06. The van der Waals surface area contributed by atoms with Gasteiger partial charge >= 0.3 is 0 Å². The van der Waals surface area contributed by atoms with Gasteiger partial charge in [-0.3, -0.25) is 9.36 Å². The molecule has 0 fully saturated rings. The van der Waals surface area contributed by atoms with Gasteiger partial charge in [-0.05, 0) is 56.6 Å². The first-order chi connectivity index (χ1) is 15.0. The maximum Gasteiger partial charge on any atom is 0.230 e. The van der Waals surface area contributed by atoms with Gasteiger partial charge in [-0.15, -0.1) is 21.5 Å². The van der Waals surface area contributed by atoms with E-state index >= 15 is 0 Å². The molecule has 2 heterocycles. The maximum absolute atomic E-state index is 12.4. The molecular weight excluding hydrogens is 424 g/mol. The summed E-state index contributed by atoms with van der Waals surface area (Å²) in [6, 6.07) is 10.4. The average molecular weight is 455 g/mol. The molecule has 1 amide bonds. The predicted octanol–water partition coefficient (Wildman–Crippen LogP) is 5.16. The minimum atomic E-state index is 0.0303. The molecule has 0 saturated carbocycles. The molecule has 1 aliphatic carbocycles. The Bertz CT molecular complexity index is 1030. The lowest BCUT2D eigenvalue weighted by Crippen LogP contribution is -2.27. The highest BCUT2D eigenvalue weighted by Gasteiger charge is 2.25. The maximum atomic E-state index is 12.4. The molecule has 3 aromatic rings. The number of thioether (sulfide) groups is 1. The molecule has 0 radical (unpaired) electrons. The fourth-order valence-corrected chi connectivity index (χ4v) is 6.20. The number of nitrogens with zero attached hydrogens (tertiary/aromatic N) is 3. The number of aromatic nitrogens is 3. The molecule has 1 aromatic carbocycles. The lowest BCUT2D eigenvalue weighted by atomic mass is 9.88. The number of amides is 1. The summed E-state index contributed by atoms with van der Waals surface area (Å²) in [7, 11) is 0. The third-order valence-electron chi connectivity index (χ3n) is 5.73. The molecule has 0 aliphatic heterocycles. The number of hydrogen-bond donors (Lipinski definition) is 1. The van der Waals surface area contributed by atoms with E-state index in [0.29, 0.717) is 12.3 Å². The Labute approximate surface area is 192 Å². The second kappa shape index (κ2) is 10.0. The third kappa shape index (κ3) is 5.21. The second-order valence-corrected chi connectivity index (χ2v) is 10.4. The van der Waals surface area contributed by atoms with Gasteiger partial charge < -0.3 is 5.32 Å². The fraction of sp³-hybridized carbons (Fsp3) is 0.458. The number of rotatable bonds is 8. The Morgan fingerprint density at radius 2 is 2.10 bits per heavy atom. The van der Waals surface area contributed by atoms with E-state index in [2.05, 4.69) is 58.4 Å². The van der Waals surface area contributed by atoms with E-state index in [4.69, 9.17) is 0 Å². The highest BCUT2D eigenvalue weighted by atomic mass is 32.2. The van der Waals surface area contributed by atoms with Crippen molar-refractivity contribution in [3.8, 4) is 11.4 Å². The largest absolute Gasteiger partial charge is 0.355 e. The van der Waals surface area contributed by atoms with Crippen LogP contribution in [0, 0.1) is 5.92 Å². The summed E-state index contributed by atoms with van der Waals surface area (Å²) in [6.07, 6.45) is 4.36. The van der Waals surface area contributed by atoms with Crippen molar-refractivity contribution in [2.45, 2.75) is 57.7 Å². The van der Waals surface area contributed by atoms with Crippen LogP contribution in [0.15, 0.2) is 40.9 Å². The van der Waals surface area contributed by atoms with Crippen molar-refractivity contribution in [3.05, 3.63) is 51.7 Å². The lowest BCUT2D eigenvalue weighted by Gasteiger charge is -2.19. The summed E-state index contributed by atoms with van der Waals surface area (Å²) in [5, 5.41) is 15.1. The molecule has 4 rings (SSSR count). The number of fused-ring (bicyclic) bond motifs is 1. The number of thiophene rings is 1. The van der Waals surface area contributed by atoms with Crippen LogP contribution in [-0.4, -0.2) is 33.0 Å². The molecule has 1 atom stereocenters. The third-order valence-corrected chi connectivity index (χ3v) is 7.73. The Balaban J connectivity index is 1.41. The van der Waals surface area contributed by atoms with Gasteiger partial charge in [-0.2, -0.15) is 0 Å². The molecule has 0 bridgehead atoms. The van der Waals surface area contributed by atoms with Crippen LogP contribution in [0.3, 0.4) is 0 Å². The summed E-state index contributed by atoms with van der Waals surface area (Å²) >= 11 is 3.32. The Kier molecular flexibility index (Phi) is 7.13. The van der Waals surface area contributed by atoms with Crippen molar-refractivity contribution in [1.29, 1.82) is 0 Å². The van der Waals surface area contributed by atoms with Gasteiger partial charge in [0.2, 0.25) is 5.91 Å². The Morgan fingerprint density at radius 3 is 2.87 bits per heavy atom. The van der Waals surface area contributed by atoms with Crippen LogP contribution in [0.4, 0.5) is 0 Å². The molecule has 0 spiro atoms. The highest BCUT2D eigenvalue weighted by Crippen LogP contribution is 2.39. The van der Waals surface area contributed by atoms with Crippen LogP contribution in [0.25, 0.3) is 11.4 Å². The molecule has 31 heavy (non-hydrogen) atoms. The van der Waals surface area contributed by atoms with Crippen LogP contribution in [0.2, 0.25) is 0 Å². The van der Waals surface area contributed by atoms with Gasteiger partial charge in [-0.1, -0.05) is 49.0 Å². The van der Waals surface area contributed by atoms with Crippen LogP contribution in [0.5, 0.6) is 0 Å². The monoisotopic (exact) mass is 454 g/mol. The standard InChI is InChI=1S/C24H30N4OS2/c1-16(2)28-23(20-14-30-21-13-17(3)9-10-19(20)21)26-27-24(28)31-15-22(29)25-12-11-18-7-5-4-6-8-18/h4-8,14,16-17H,9-13,15H2,1-3H3,(H,25,29). The molecule has 164 valence electrons. The summed E-state index contributed by atoms with van der Waals surface area (Å²) in [5.74, 6) is 2.07. The van der Waals surface area contributed by atoms with E-state index in [0.717, 1.165) is 29.7 Å². The van der Waals surface area contributed by atoms with E-state index in [1.54, 1.807) is 0 Å². The van der Waals surface area contributed by atoms with Gasteiger partial charge in [0.05, 0.1) is 5.75 Å². The first-order valence-electron chi connectivity index (χ1n) is 11.0. The first kappa shape index (κ1) is 22.1. The van der Waals surface area contributed by atoms with Crippen LogP contribution >= 0.6 is 23.1 Å². The van der Waals surface area contributed by atoms with Crippen molar-refractivity contribution in [1.82, 2.24) is 20.1 Å². The van der Waals surface area contributed by atoms with Gasteiger partial charge in [-0.25, -0.2) is 0 Å². The van der Waals surface area contributed by atoms with E-state index in [1.807, 2.05) is 29.5 Å². The lowest BCUT2D eigenvalue weighted by molar-refractivity contribution is -0.118. The van der Waals surface area contributed by atoms with Crippen molar-refractivity contribution in [2.75, 3.05) is 12.3 Å². The van der Waals surface area contributed by atoms with Crippen LogP contribution < -0.4 is 5.32 Å². The van der Waals surface area contributed by atoms with E-state index in [-0.39, 0.29) is 11.9 Å². The van der Waals surface area contributed by atoms with Crippen LogP contribution in [-0.2, 0) is 24.1 Å². The minimum Gasteiger partial charge on any atom is -0.355 e. The number of benzene rings is 1. The topological polar surface area (TPSA) is 59.8 Å². The minimum absolute atomic E-state index is 0.0303. The second-order valence-electron chi connectivity index (χ2n) is 8.54. The number of carbonyl (C=O) groups excluding carboxylic acids is 1. The zero-order valence-corrected chi connectivity index (χ0v) is 20.1. The molecule has 5 nitrogen and oxygen atoms in total. The van der Waals surface area contributed by atoms with Gasteiger partial charge in [0.15, 0.2) is 11.0 Å². The van der Waals surface area contributed by atoms with E-state index < -0.39 is 0 Å². The van der Waals surface area contributed by atoms with E-state index in [9.17, 15) is 4.79 Å². The summed E-state index contributed by atoms with van der Waals surface area (Å²) in [4.78, 5) is 13.9. The molecule has 1 unspecified atom stereocenters. The van der Waals surface area contributed by atoms with Gasteiger partial charge in [0, 0.05) is 28.4 Å². The average Bonchev–Trinajstić information content (AvgIpc) is 3.36. The SMILES string of the molecule is CC1CCc2c(-c3nnc(SCC(=O)NCCc4ccccc4)n3C(C)C)csc2C1. The molecule has 1 N–H and O–H groups in total.